The predicted octanol–water partition coefficient (Wildman–Crippen LogP) is 1.45. The number of hydrogen-bond acceptors (Lipinski definition) is 12. The average molecular weight is 752 g/mol. The number of imide groups is 2. The van der Waals surface area contributed by atoms with Gasteiger partial charge in [-0.2, -0.15) is 5.10 Å². The van der Waals surface area contributed by atoms with Crippen molar-refractivity contribution < 1.29 is 32.5 Å². The molecule has 0 spiro atoms. The summed E-state index contributed by atoms with van der Waals surface area (Å²) in [6.07, 6.45) is 6.23. The number of anilines is 2. The van der Waals surface area contributed by atoms with E-state index in [1.165, 1.54) is 12.1 Å². The van der Waals surface area contributed by atoms with Gasteiger partial charge in [-0.15, -0.1) is 0 Å². The maximum absolute atomic E-state index is 13.6. The number of halogens is 1. The van der Waals surface area contributed by atoms with Gasteiger partial charge < -0.3 is 26.1 Å². The van der Waals surface area contributed by atoms with Gasteiger partial charge in [-0.25, -0.2) is 13.3 Å². The highest BCUT2D eigenvalue weighted by Crippen LogP contribution is 2.36. The third-order valence-electron chi connectivity index (χ3n) is 10.5. The minimum atomic E-state index is -1.59. The Bertz CT molecular complexity index is 1790. The third kappa shape index (κ3) is 9.15. The highest BCUT2D eigenvalue weighted by atomic mass is 32.2. The van der Waals surface area contributed by atoms with Crippen molar-refractivity contribution in [1.29, 1.82) is 0 Å². The number of piperidine rings is 3. The molecule has 2 unspecified atom stereocenters. The van der Waals surface area contributed by atoms with E-state index in [1.54, 1.807) is 18.3 Å². The number of likely N-dealkylation sites (tertiary alicyclic amines) is 1. The van der Waals surface area contributed by atoms with E-state index in [0.29, 0.717) is 35.2 Å². The van der Waals surface area contributed by atoms with Crippen molar-refractivity contribution >= 4 is 57.9 Å². The van der Waals surface area contributed by atoms with E-state index >= 15 is 0 Å². The molecule has 0 aliphatic carbocycles. The van der Waals surface area contributed by atoms with Gasteiger partial charge in [0.25, 0.3) is 11.8 Å². The second-order valence-corrected chi connectivity index (χ2v) is 15.0. The van der Waals surface area contributed by atoms with E-state index in [1.807, 2.05) is 6.07 Å². The van der Waals surface area contributed by atoms with Crippen molar-refractivity contribution in [1.82, 2.24) is 19.8 Å². The number of nitrogens with zero attached hydrogens (tertiary/aromatic N) is 5. The summed E-state index contributed by atoms with van der Waals surface area (Å²) in [6.45, 7) is 5.89. The van der Waals surface area contributed by atoms with Crippen molar-refractivity contribution in [3.05, 3.63) is 53.3 Å². The van der Waals surface area contributed by atoms with Crippen molar-refractivity contribution in [2.24, 2.45) is 27.8 Å². The summed E-state index contributed by atoms with van der Waals surface area (Å²) in [5.41, 5.74) is 7.46. The zero-order chi connectivity index (χ0) is 37.5. The van der Waals surface area contributed by atoms with Crippen LogP contribution in [-0.4, -0.2) is 115 Å². The first kappa shape index (κ1) is 38.2. The third-order valence-corrected chi connectivity index (χ3v) is 11.6. The van der Waals surface area contributed by atoms with Gasteiger partial charge in [-0.1, -0.05) is 0 Å². The quantitative estimate of drug-likeness (QED) is 0.0546. The number of rotatable bonds is 14. The molecule has 6 rings (SSSR count). The minimum Gasteiger partial charge on any atom is -0.396 e. The van der Waals surface area contributed by atoms with Crippen LogP contribution in [0.25, 0.3) is 0 Å². The number of carbonyl (C=O) groups excluding carboxylic acids is 4. The van der Waals surface area contributed by atoms with E-state index < -0.39 is 46.5 Å². The molecule has 15 nitrogen and oxygen atoms in total. The molecular weight excluding hydrogens is 706 g/mol. The molecule has 2 aromatic carbocycles. The summed E-state index contributed by atoms with van der Waals surface area (Å²) in [4.78, 5) is 60.8. The van der Waals surface area contributed by atoms with Gasteiger partial charge in [0.05, 0.1) is 41.5 Å². The van der Waals surface area contributed by atoms with Gasteiger partial charge in [0.1, 0.15) is 28.6 Å². The van der Waals surface area contributed by atoms with Crippen LogP contribution in [0.4, 0.5) is 15.8 Å². The van der Waals surface area contributed by atoms with Crippen LogP contribution in [0.2, 0.25) is 0 Å². The van der Waals surface area contributed by atoms with Crippen LogP contribution in [0.1, 0.15) is 59.2 Å². The molecule has 0 aromatic heterocycles. The van der Waals surface area contributed by atoms with Crippen LogP contribution < -0.4 is 26.5 Å². The maximum atomic E-state index is 13.6. The standard InChI is InChI=1S/C36H46FN9O6S/c37-30-20-27(2-4-31(30)38)53(51)41-12-18-52-22-25(43-39)21-40-11-17-44-13-7-23(8-14-44)24-9-15-45(16-10-24)26-1-3-28-29(19-26)36(50)46(35(28)49)32-5-6-33(47)42-34(32)48/h1-4,19-21,23-24,32,41H,5-18,22,38-39H2,(H,42,47,48)/b40-21?,43-25+. The highest BCUT2D eigenvalue weighted by molar-refractivity contribution is 7.83. The van der Waals surface area contributed by atoms with Crippen LogP contribution in [-0.2, 0) is 25.3 Å². The lowest BCUT2D eigenvalue weighted by Crippen LogP contribution is -2.54. The fourth-order valence-corrected chi connectivity index (χ4v) is 8.34. The Morgan fingerprint density at radius 3 is 2.40 bits per heavy atom. The highest BCUT2D eigenvalue weighted by Gasteiger charge is 2.45. The van der Waals surface area contributed by atoms with Crippen molar-refractivity contribution in [3.8, 4) is 0 Å². The van der Waals surface area contributed by atoms with Crippen LogP contribution in [0, 0.1) is 17.7 Å². The molecule has 3 saturated heterocycles. The lowest BCUT2D eigenvalue weighted by atomic mass is 9.78. The molecule has 0 bridgehead atoms. The lowest BCUT2D eigenvalue weighted by molar-refractivity contribution is -0.136. The van der Waals surface area contributed by atoms with E-state index in [9.17, 15) is 27.8 Å². The van der Waals surface area contributed by atoms with Gasteiger partial charge in [0.2, 0.25) is 11.8 Å². The second-order valence-electron chi connectivity index (χ2n) is 13.7. The molecule has 53 heavy (non-hydrogen) atoms. The number of hydrogen-bond donors (Lipinski definition) is 4. The molecular formula is C36H46FN9O6S. The summed E-state index contributed by atoms with van der Waals surface area (Å²) in [6, 6.07) is 8.38. The minimum absolute atomic E-state index is 0.000175. The number of hydrazone groups is 1. The summed E-state index contributed by atoms with van der Waals surface area (Å²) in [7, 11) is -1.59. The molecule has 0 radical (unpaired) electrons. The molecule has 3 fully saturated rings. The number of nitrogens with one attached hydrogen (secondary N) is 2. The van der Waals surface area contributed by atoms with Gasteiger partial charge >= 0.3 is 0 Å². The first-order valence-corrected chi connectivity index (χ1v) is 19.2. The van der Waals surface area contributed by atoms with E-state index in [4.69, 9.17) is 16.3 Å². The Kier molecular flexibility index (Phi) is 12.6. The van der Waals surface area contributed by atoms with Crippen molar-refractivity contribution in [3.63, 3.8) is 0 Å². The molecule has 6 N–H and O–H groups in total. The number of aliphatic imine (C=N–C) groups is 1. The Morgan fingerprint density at radius 1 is 0.981 bits per heavy atom. The van der Waals surface area contributed by atoms with Crippen LogP contribution in [0.15, 0.2) is 51.4 Å². The monoisotopic (exact) mass is 751 g/mol. The summed E-state index contributed by atoms with van der Waals surface area (Å²) in [5, 5.41) is 5.98. The largest absolute Gasteiger partial charge is 0.396 e. The van der Waals surface area contributed by atoms with Crippen molar-refractivity contribution in [2.75, 3.05) is 69.7 Å². The SMILES string of the molecule is N/N=C(\C=NCCN1CCC(C2CCN(c3ccc4c(c3)C(=O)N(C3CCC(=O)NC3=O)C4=O)CC2)CC1)COCCNS(=O)c1ccc(N)c(F)c1. The topological polar surface area (TPSA) is 205 Å². The van der Waals surface area contributed by atoms with Gasteiger partial charge in [-0.3, -0.25) is 34.4 Å². The summed E-state index contributed by atoms with van der Waals surface area (Å²) >= 11 is 0. The number of nitrogens with two attached hydrogens (primary N) is 2. The Morgan fingerprint density at radius 2 is 1.70 bits per heavy atom. The molecule has 284 valence electrons. The molecule has 4 aliphatic rings. The fraction of sp³-hybridized carbons (Fsp3) is 0.500. The zero-order valence-corrected chi connectivity index (χ0v) is 30.3. The number of nitrogen functional groups attached to an aromatic ring is 1. The van der Waals surface area contributed by atoms with E-state index in [0.717, 1.165) is 75.1 Å². The van der Waals surface area contributed by atoms with Crippen LogP contribution >= 0.6 is 0 Å². The molecule has 17 heteroatoms. The normalized spacial score (nSPS) is 21.5. The molecule has 4 heterocycles. The molecule has 0 saturated carbocycles. The maximum Gasteiger partial charge on any atom is 0.262 e. The molecule has 2 aromatic rings. The molecule has 4 amide bonds. The van der Waals surface area contributed by atoms with E-state index in [-0.39, 0.29) is 43.2 Å². The smallest absolute Gasteiger partial charge is 0.262 e. The van der Waals surface area contributed by atoms with Crippen LogP contribution in [0.3, 0.4) is 0 Å². The first-order valence-electron chi connectivity index (χ1n) is 18.0. The van der Waals surface area contributed by atoms with Crippen molar-refractivity contribution in [2.45, 2.75) is 49.5 Å². The number of carbonyl (C=O) groups is 4. The molecule has 4 aliphatic heterocycles. The summed E-state index contributed by atoms with van der Waals surface area (Å²) < 4.78 is 34.2. The lowest BCUT2D eigenvalue weighted by Gasteiger charge is -2.40. The van der Waals surface area contributed by atoms with Gasteiger partial charge in [-0.05, 0) is 93.4 Å². The van der Waals surface area contributed by atoms with Gasteiger partial charge in [0.15, 0.2) is 0 Å². The number of amides is 4. The van der Waals surface area contributed by atoms with Crippen LogP contribution in [0.5, 0.6) is 0 Å². The zero-order valence-electron chi connectivity index (χ0n) is 29.5. The predicted molar refractivity (Wildman–Crippen MR) is 198 cm³/mol. The Balaban J connectivity index is 0.866. The summed E-state index contributed by atoms with van der Waals surface area (Å²) in [5.74, 6) is 4.20. The van der Waals surface area contributed by atoms with E-state index in [2.05, 4.69) is 29.9 Å². The van der Waals surface area contributed by atoms with Gasteiger partial charge in [0, 0.05) is 44.5 Å². The first-order chi connectivity index (χ1) is 25.6. The number of fused-ring (bicyclic) bond motifs is 1. The average Bonchev–Trinajstić information content (AvgIpc) is 3.41. The second kappa shape index (κ2) is 17.5. The molecule has 2 atom stereocenters. The Labute approximate surface area is 309 Å². The fourth-order valence-electron chi connectivity index (χ4n) is 7.50. The number of ether oxygens (including phenoxy) is 1. The number of benzene rings is 2. The Hall–Kier alpha value is -4.58.